The maximum Gasteiger partial charge on any atom is 0.326 e. The summed E-state index contributed by atoms with van der Waals surface area (Å²) in [5.41, 5.74) is 8.25. The van der Waals surface area contributed by atoms with Gasteiger partial charge in [0.25, 0.3) is 10.0 Å². The van der Waals surface area contributed by atoms with Gasteiger partial charge in [0, 0.05) is 30.9 Å². The Kier molecular flexibility index (Phi) is 15.4. The molecule has 1 aliphatic heterocycles. The Labute approximate surface area is 323 Å². The Bertz CT molecular complexity index is 1900. The third kappa shape index (κ3) is 12.1. The van der Waals surface area contributed by atoms with Crippen molar-refractivity contribution in [2.24, 2.45) is 16.1 Å². The number of guanidine groups is 1. The van der Waals surface area contributed by atoms with Gasteiger partial charge in [0.1, 0.15) is 42.0 Å². The summed E-state index contributed by atoms with van der Waals surface area (Å²) < 4.78 is 41.6. The second kappa shape index (κ2) is 19.3. The van der Waals surface area contributed by atoms with Crippen LogP contribution in [0, 0.1) is 5.41 Å². The molecule has 3 atom stereocenters. The van der Waals surface area contributed by atoms with E-state index in [0.29, 0.717) is 47.9 Å². The zero-order valence-corrected chi connectivity index (χ0v) is 33.2. The van der Waals surface area contributed by atoms with E-state index in [-0.39, 0.29) is 43.1 Å². The maximum atomic E-state index is 13.9. The number of fused-ring (bicyclic) bond motifs is 1. The minimum atomic E-state index is -4.18. The Balaban J connectivity index is 1.81. The zero-order valence-electron chi connectivity index (χ0n) is 32.4. The van der Waals surface area contributed by atoms with Crippen molar-refractivity contribution in [1.82, 2.24) is 20.7 Å². The minimum absolute atomic E-state index is 0.0390. The van der Waals surface area contributed by atoms with Crippen molar-refractivity contribution in [1.29, 1.82) is 0 Å². The molecule has 7 N–H and O–H groups in total. The smallest absolute Gasteiger partial charge is 0.326 e. The lowest BCUT2D eigenvalue weighted by atomic mass is 9.74. The quantitative estimate of drug-likeness (QED) is 0.0517. The van der Waals surface area contributed by atoms with Gasteiger partial charge in [0.2, 0.25) is 23.7 Å². The summed E-state index contributed by atoms with van der Waals surface area (Å²) in [6.45, 7) is 17.8. The van der Waals surface area contributed by atoms with E-state index in [1.807, 2.05) is 27.7 Å². The fourth-order valence-corrected chi connectivity index (χ4v) is 8.24. The number of carbonyl (C=O) groups is 4. The number of sulfonamides is 1. The summed E-state index contributed by atoms with van der Waals surface area (Å²) >= 11 is 0. The molecule has 3 rings (SSSR count). The average molecular weight is 783 g/mol. The lowest BCUT2D eigenvalue weighted by molar-refractivity contribution is -0.142. The normalized spacial score (nSPS) is 17.2. The fraction of sp³-hybridized carbons (Fsp3) is 0.462. The van der Waals surface area contributed by atoms with Crippen LogP contribution in [0.15, 0.2) is 87.7 Å². The molecular weight excluding hydrogens is 729 g/mol. The number of aliphatic imine (C=N–C) groups is 1. The van der Waals surface area contributed by atoms with Gasteiger partial charge in [-0.25, -0.2) is 17.9 Å². The molecule has 1 heterocycles. The van der Waals surface area contributed by atoms with E-state index >= 15 is 0 Å². The van der Waals surface area contributed by atoms with Crippen LogP contribution in [0.1, 0.15) is 79.2 Å². The van der Waals surface area contributed by atoms with Crippen molar-refractivity contribution in [3.8, 4) is 5.75 Å². The number of hydrogen-bond acceptors (Lipinski definition) is 9. The summed E-state index contributed by atoms with van der Waals surface area (Å²) in [6.07, 6.45) is 4.25. The molecule has 0 aromatic heterocycles. The molecule has 0 radical (unpaired) electrons. The number of ether oxygens (including phenoxy) is 2. The molecule has 0 spiro atoms. The first-order valence-corrected chi connectivity index (χ1v) is 19.5. The number of carboxylic acids is 1. The third-order valence-electron chi connectivity index (χ3n) is 9.29. The first-order valence-electron chi connectivity index (χ1n) is 18.0. The van der Waals surface area contributed by atoms with Crippen molar-refractivity contribution in [3.05, 3.63) is 88.3 Å². The lowest BCUT2D eigenvalue weighted by Gasteiger charge is -2.38. The van der Waals surface area contributed by atoms with E-state index in [0.717, 1.165) is 11.1 Å². The SMILES string of the molecule is C=CCOc1ccc(C[C@H](NC(C)=O)C(=O)N[C@H](CCCN=C(N)NS(=O)(=O)C2=C3C(C)=C(C)OC(C)=C3CCC2(C)C)C(=O)N[C@H](CC=C)C(=O)O)cc1. The van der Waals surface area contributed by atoms with Gasteiger partial charge in [0.15, 0.2) is 0 Å². The largest absolute Gasteiger partial charge is 0.490 e. The predicted molar refractivity (Wildman–Crippen MR) is 210 cm³/mol. The van der Waals surface area contributed by atoms with E-state index in [1.165, 1.54) is 13.0 Å². The number of carbonyl (C=O) groups excluding carboxylic acids is 3. The van der Waals surface area contributed by atoms with Crippen molar-refractivity contribution >= 4 is 39.7 Å². The summed E-state index contributed by atoms with van der Waals surface area (Å²) in [6, 6.07) is 3.24. The Hall–Kier alpha value is -5.38. The summed E-state index contributed by atoms with van der Waals surface area (Å²) in [7, 11) is -4.18. The molecule has 2 aliphatic rings. The number of aliphatic carboxylic acids is 1. The van der Waals surface area contributed by atoms with Gasteiger partial charge in [-0.05, 0) is 81.7 Å². The standard InChI is InChI=1S/C39H54N6O9S/c1-9-12-31(37(49)50)44-35(47)30(43-36(48)32(42-26(6)46)22-27-14-16-28(17-15-27)53-21-10-2)13-11-20-41-38(40)45-55(51,52)34-33-23(3)24(4)54-25(5)29(33)18-19-39(34,7)8/h9-10,14-17,30-32H,1-2,11-13,18-22H2,3-8H3,(H,42,46)(H,43,48)(H,44,47)(H,49,50)(H3,40,41,45)/t30-,31-,32+/m1/s1. The summed E-state index contributed by atoms with van der Waals surface area (Å²) in [5.74, 6) is -1.76. The van der Waals surface area contributed by atoms with Crippen molar-refractivity contribution in [2.75, 3.05) is 13.2 Å². The number of carboxylic acid groups (broad SMARTS) is 1. The first kappa shape index (κ1) is 44.0. The number of nitrogens with zero attached hydrogens (tertiary/aromatic N) is 1. The molecule has 0 saturated heterocycles. The van der Waals surface area contributed by atoms with Crippen LogP contribution in [0.5, 0.6) is 5.75 Å². The van der Waals surface area contributed by atoms with Crippen LogP contribution in [0.4, 0.5) is 0 Å². The Morgan fingerprint density at radius 3 is 2.24 bits per heavy atom. The van der Waals surface area contributed by atoms with Crippen molar-refractivity contribution < 1.29 is 42.2 Å². The number of rotatable bonds is 19. The van der Waals surface area contributed by atoms with Gasteiger partial charge in [-0.3, -0.25) is 19.4 Å². The summed E-state index contributed by atoms with van der Waals surface area (Å²) in [4.78, 5) is 55.3. The highest BCUT2D eigenvalue weighted by atomic mass is 32.2. The Morgan fingerprint density at radius 2 is 1.64 bits per heavy atom. The molecule has 15 nitrogen and oxygen atoms in total. The zero-order chi connectivity index (χ0) is 41.1. The van der Waals surface area contributed by atoms with E-state index < -0.39 is 57.3 Å². The van der Waals surface area contributed by atoms with Crippen molar-refractivity contribution in [3.63, 3.8) is 0 Å². The number of nitrogens with two attached hydrogens (primary N) is 1. The first-order chi connectivity index (χ1) is 25.8. The number of allylic oxidation sites excluding steroid dienone is 6. The molecule has 0 bridgehead atoms. The monoisotopic (exact) mass is 782 g/mol. The molecule has 0 unspecified atom stereocenters. The van der Waals surface area contributed by atoms with Gasteiger partial charge >= 0.3 is 5.97 Å². The Morgan fingerprint density at radius 1 is 1.00 bits per heavy atom. The second-order valence-electron chi connectivity index (χ2n) is 14.1. The van der Waals surface area contributed by atoms with Gasteiger partial charge in [-0.15, -0.1) is 6.58 Å². The van der Waals surface area contributed by atoms with Crippen LogP contribution in [-0.4, -0.2) is 74.5 Å². The van der Waals surface area contributed by atoms with Crippen molar-refractivity contribution in [2.45, 2.75) is 98.2 Å². The minimum Gasteiger partial charge on any atom is -0.490 e. The van der Waals surface area contributed by atoms with E-state index in [1.54, 1.807) is 37.3 Å². The molecule has 1 aromatic carbocycles. The molecule has 3 amide bonds. The molecule has 55 heavy (non-hydrogen) atoms. The van der Waals surface area contributed by atoms with Gasteiger partial charge < -0.3 is 36.3 Å². The average Bonchev–Trinajstić information content (AvgIpc) is 3.09. The predicted octanol–water partition coefficient (Wildman–Crippen LogP) is 3.62. The molecule has 1 aliphatic carbocycles. The lowest BCUT2D eigenvalue weighted by Crippen LogP contribution is -2.56. The van der Waals surface area contributed by atoms with Crippen LogP contribution in [0.2, 0.25) is 0 Å². The van der Waals surface area contributed by atoms with E-state index in [9.17, 15) is 32.7 Å². The van der Waals surface area contributed by atoms with E-state index in [2.05, 4.69) is 38.8 Å². The number of benzene rings is 1. The highest BCUT2D eigenvalue weighted by Gasteiger charge is 2.43. The maximum absolute atomic E-state index is 13.9. The molecular formula is C39H54N6O9S. The third-order valence-corrected chi connectivity index (χ3v) is 11.1. The molecule has 0 fully saturated rings. The fourth-order valence-electron chi connectivity index (χ4n) is 6.43. The number of amides is 3. The van der Waals surface area contributed by atoms with Gasteiger partial charge in [-0.2, -0.15) is 0 Å². The molecule has 0 saturated carbocycles. The topological polar surface area (TPSA) is 228 Å². The van der Waals surface area contributed by atoms with Crippen LogP contribution < -0.4 is 31.1 Å². The summed E-state index contributed by atoms with van der Waals surface area (Å²) in [5, 5.41) is 17.3. The van der Waals surface area contributed by atoms with Crippen LogP contribution in [-0.2, 0) is 40.4 Å². The molecule has 1 aromatic rings. The molecule has 16 heteroatoms. The number of nitrogens with one attached hydrogen (secondary N) is 4. The van der Waals surface area contributed by atoms with Crippen LogP contribution in [0.3, 0.4) is 0 Å². The van der Waals surface area contributed by atoms with E-state index in [4.69, 9.17) is 15.2 Å². The van der Waals surface area contributed by atoms with Gasteiger partial charge in [-0.1, -0.05) is 44.7 Å². The highest BCUT2D eigenvalue weighted by Crippen LogP contribution is 2.50. The highest BCUT2D eigenvalue weighted by molar-refractivity contribution is 7.94. The van der Waals surface area contributed by atoms with Crippen LogP contribution >= 0.6 is 0 Å². The second-order valence-corrected chi connectivity index (χ2v) is 15.7. The number of hydrogen-bond donors (Lipinski definition) is 6. The van der Waals surface area contributed by atoms with Crippen LogP contribution in [0.25, 0.3) is 0 Å². The van der Waals surface area contributed by atoms with Gasteiger partial charge in [0.05, 0.1) is 4.91 Å². The molecule has 300 valence electrons.